The molecule has 0 N–H and O–H groups in total. The second kappa shape index (κ2) is 9.35. The number of ether oxygens (including phenoxy) is 1. The molecule has 0 aliphatic carbocycles. The molecule has 2 aromatic carbocycles. The van der Waals surface area contributed by atoms with Crippen molar-refractivity contribution in [1.29, 1.82) is 0 Å². The number of para-hydroxylation sites is 1. The number of halogens is 1. The minimum Gasteiger partial charge on any atom is -0.383 e. The summed E-state index contributed by atoms with van der Waals surface area (Å²) in [7, 11) is 1.68. The van der Waals surface area contributed by atoms with Crippen LogP contribution in [0.2, 0.25) is 5.02 Å². The fourth-order valence-corrected chi connectivity index (χ4v) is 4.06. The van der Waals surface area contributed by atoms with Crippen LogP contribution in [-0.2, 0) is 11.3 Å². The lowest BCUT2D eigenvalue weighted by atomic mass is 10.0. The molecule has 1 atom stereocenters. The van der Waals surface area contributed by atoms with Gasteiger partial charge in [0.05, 0.1) is 19.2 Å². The first-order chi connectivity index (χ1) is 14.3. The molecule has 0 radical (unpaired) electrons. The molecule has 0 saturated carbocycles. The van der Waals surface area contributed by atoms with Crippen molar-refractivity contribution in [2.75, 3.05) is 44.8 Å². The third-order valence-electron chi connectivity index (χ3n) is 5.31. The van der Waals surface area contributed by atoms with E-state index in [1.54, 1.807) is 7.11 Å². The van der Waals surface area contributed by atoms with Crippen LogP contribution in [-0.4, -0.2) is 65.0 Å². The molecule has 8 heteroatoms. The molecule has 4 rings (SSSR count). The lowest BCUT2D eigenvalue weighted by molar-refractivity contribution is 0.172. The Morgan fingerprint density at radius 2 is 1.72 bits per heavy atom. The van der Waals surface area contributed by atoms with Gasteiger partial charge in [0.15, 0.2) is 5.82 Å². The van der Waals surface area contributed by atoms with Crippen LogP contribution in [0.3, 0.4) is 0 Å². The number of rotatable bonds is 7. The molecule has 0 bridgehead atoms. The van der Waals surface area contributed by atoms with Crippen LogP contribution < -0.4 is 4.90 Å². The maximum absolute atomic E-state index is 6.60. The molecule has 1 aliphatic heterocycles. The van der Waals surface area contributed by atoms with Gasteiger partial charge in [0.2, 0.25) is 0 Å². The highest BCUT2D eigenvalue weighted by atomic mass is 35.5. The van der Waals surface area contributed by atoms with Gasteiger partial charge in [0, 0.05) is 44.0 Å². The van der Waals surface area contributed by atoms with Gasteiger partial charge in [-0.05, 0) is 34.2 Å². The molecule has 0 amide bonds. The van der Waals surface area contributed by atoms with E-state index in [9.17, 15) is 0 Å². The minimum absolute atomic E-state index is 0.103. The second-order valence-electron chi connectivity index (χ2n) is 7.04. The molecule has 7 nitrogen and oxygen atoms in total. The fourth-order valence-electron chi connectivity index (χ4n) is 3.82. The number of aromatic nitrogens is 4. The van der Waals surface area contributed by atoms with Crippen LogP contribution >= 0.6 is 11.6 Å². The van der Waals surface area contributed by atoms with Crippen molar-refractivity contribution >= 4 is 17.3 Å². The van der Waals surface area contributed by atoms with E-state index in [1.807, 2.05) is 28.9 Å². The van der Waals surface area contributed by atoms with E-state index in [2.05, 4.69) is 55.7 Å². The van der Waals surface area contributed by atoms with E-state index in [0.29, 0.717) is 13.2 Å². The van der Waals surface area contributed by atoms with Crippen molar-refractivity contribution in [3.63, 3.8) is 0 Å². The van der Waals surface area contributed by atoms with E-state index in [4.69, 9.17) is 16.3 Å². The Bertz CT molecular complexity index is 910. The van der Waals surface area contributed by atoms with E-state index in [1.165, 1.54) is 5.69 Å². The molecular weight excluding hydrogens is 388 g/mol. The van der Waals surface area contributed by atoms with Crippen molar-refractivity contribution in [3.05, 3.63) is 71.0 Å². The zero-order valence-corrected chi connectivity index (χ0v) is 17.2. The Labute approximate surface area is 175 Å². The molecule has 2 heterocycles. The molecule has 1 saturated heterocycles. The molecule has 0 spiro atoms. The van der Waals surface area contributed by atoms with Crippen molar-refractivity contribution in [3.8, 4) is 0 Å². The Hall–Kier alpha value is -2.48. The smallest absolute Gasteiger partial charge is 0.173 e. The van der Waals surface area contributed by atoms with Crippen molar-refractivity contribution in [2.45, 2.75) is 12.6 Å². The summed E-state index contributed by atoms with van der Waals surface area (Å²) in [6.45, 7) is 4.80. The van der Waals surface area contributed by atoms with Gasteiger partial charge in [-0.2, -0.15) is 0 Å². The number of hydrogen-bond acceptors (Lipinski definition) is 6. The molecular formula is C21H25ClN6O. The zero-order chi connectivity index (χ0) is 20.1. The number of tetrazole rings is 1. The number of nitrogens with zero attached hydrogens (tertiary/aromatic N) is 6. The van der Waals surface area contributed by atoms with E-state index < -0.39 is 0 Å². The van der Waals surface area contributed by atoms with Gasteiger partial charge in [0.1, 0.15) is 0 Å². The maximum atomic E-state index is 6.60. The first-order valence-electron chi connectivity index (χ1n) is 9.81. The molecule has 1 unspecified atom stereocenters. The van der Waals surface area contributed by atoms with Gasteiger partial charge >= 0.3 is 0 Å². The van der Waals surface area contributed by atoms with Crippen molar-refractivity contribution in [2.24, 2.45) is 0 Å². The first-order valence-corrected chi connectivity index (χ1v) is 10.2. The summed E-state index contributed by atoms with van der Waals surface area (Å²) in [5.41, 5.74) is 2.28. The predicted octanol–water partition coefficient (Wildman–Crippen LogP) is 2.88. The molecule has 1 aliphatic rings. The summed E-state index contributed by atoms with van der Waals surface area (Å²) in [6.07, 6.45) is 0. The van der Waals surface area contributed by atoms with Crippen LogP contribution in [0.5, 0.6) is 0 Å². The maximum Gasteiger partial charge on any atom is 0.173 e. The number of benzene rings is 2. The summed E-state index contributed by atoms with van der Waals surface area (Å²) >= 11 is 6.60. The number of anilines is 1. The quantitative estimate of drug-likeness (QED) is 0.594. The van der Waals surface area contributed by atoms with E-state index in [0.717, 1.165) is 42.6 Å². The average Bonchev–Trinajstić information content (AvgIpc) is 3.23. The molecule has 1 aromatic heterocycles. The highest BCUT2D eigenvalue weighted by Gasteiger charge is 2.31. The van der Waals surface area contributed by atoms with Crippen LogP contribution in [0, 0.1) is 0 Å². The summed E-state index contributed by atoms with van der Waals surface area (Å²) in [6, 6.07) is 18.4. The largest absolute Gasteiger partial charge is 0.383 e. The monoisotopic (exact) mass is 412 g/mol. The standard InChI is InChI=1S/C21H25ClN6O/c1-29-16-15-28-21(23-24-25-28)20(18-9-5-6-10-19(18)22)27-13-11-26(12-14-27)17-7-3-2-4-8-17/h2-10,20H,11-16H2,1H3. The lowest BCUT2D eigenvalue weighted by Gasteiger charge is -2.40. The fraction of sp³-hybridized carbons (Fsp3) is 0.381. The highest BCUT2D eigenvalue weighted by molar-refractivity contribution is 6.31. The third kappa shape index (κ3) is 4.42. The van der Waals surface area contributed by atoms with Gasteiger partial charge in [-0.25, -0.2) is 4.68 Å². The van der Waals surface area contributed by atoms with Crippen molar-refractivity contribution < 1.29 is 4.74 Å². The van der Waals surface area contributed by atoms with Gasteiger partial charge in [-0.3, -0.25) is 4.90 Å². The van der Waals surface area contributed by atoms with Gasteiger partial charge < -0.3 is 9.64 Å². The predicted molar refractivity (Wildman–Crippen MR) is 113 cm³/mol. The van der Waals surface area contributed by atoms with E-state index >= 15 is 0 Å². The number of methoxy groups -OCH3 is 1. The minimum atomic E-state index is -0.103. The van der Waals surface area contributed by atoms with Gasteiger partial charge in [0.25, 0.3) is 0 Å². The SMILES string of the molecule is COCCn1nnnc1C(c1ccccc1Cl)N1CCN(c2ccccc2)CC1. The Kier molecular flexibility index (Phi) is 6.39. The average molecular weight is 413 g/mol. The normalized spacial score (nSPS) is 16.1. The third-order valence-corrected chi connectivity index (χ3v) is 5.66. The zero-order valence-electron chi connectivity index (χ0n) is 16.5. The summed E-state index contributed by atoms with van der Waals surface area (Å²) in [5, 5.41) is 13.2. The van der Waals surface area contributed by atoms with Crippen LogP contribution in [0.4, 0.5) is 5.69 Å². The summed E-state index contributed by atoms with van der Waals surface area (Å²) < 4.78 is 7.05. The summed E-state index contributed by atoms with van der Waals surface area (Å²) in [5.74, 6) is 0.795. The highest BCUT2D eigenvalue weighted by Crippen LogP contribution is 2.33. The van der Waals surface area contributed by atoms with Crippen LogP contribution in [0.15, 0.2) is 54.6 Å². The second-order valence-corrected chi connectivity index (χ2v) is 7.44. The lowest BCUT2D eigenvalue weighted by Crippen LogP contribution is -2.48. The first kappa shape index (κ1) is 19.8. The molecule has 1 fully saturated rings. The van der Waals surface area contributed by atoms with Gasteiger partial charge in [-0.15, -0.1) is 5.10 Å². The number of piperazine rings is 1. The van der Waals surface area contributed by atoms with E-state index in [-0.39, 0.29) is 6.04 Å². The van der Waals surface area contributed by atoms with Crippen LogP contribution in [0.1, 0.15) is 17.4 Å². The Balaban J connectivity index is 1.60. The molecule has 29 heavy (non-hydrogen) atoms. The van der Waals surface area contributed by atoms with Gasteiger partial charge in [-0.1, -0.05) is 48.0 Å². The summed E-state index contributed by atoms with van der Waals surface area (Å²) in [4.78, 5) is 4.82. The number of hydrogen-bond donors (Lipinski definition) is 0. The molecule has 3 aromatic rings. The molecule has 152 valence electrons. The topological polar surface area (TPSA) is 59.3 Å². The Morgan fingerprint density at radius 1 is 1.00 bits per heavy atom. The van der Waals surface area contributed by atoms with Crippen molar-refractivity contribution in [1.82, 2.24) is 25.1 Å². The van der Waals surface area contributed by atoms with Crippen LogP contribution in [0.25, 0.3) is 0 Å². The Morgan fingerprint density at radius 3 is 2.45 bits per heavy atom.